The maximum Gasteiger partial charge on any atom is 0.231 e. The van der Waals surface area contributed by atoms with Crippen molar-refractivity contribution in [1.29, 1.82) is 0 Å². The quantitative estimate of drug-likeness (QED) is 0.761. The second-order valence-electron chi connectivity index (χ2n) is 4.73. The zero-order chi connectivity index (χ0) is 12.8. The van der Waals surface area contributed by atoms with Gasteiger partial charge in [-0.05, 0) is 25.0 Å². The molecule has 17 heavy (non-hydrogen) atoms. The lowest BCUT2D eigenvalue weighted by molar-refractivity contribution is 0.299. The third kappa shape index (κ3) is 4.32. The van der Waals surface area contributed by atoms with Gasteiger partial charge in [-0.15, -0.1) is 0 Å². The molecule has 1 rings (SSSR count). The van der Waals surface area contributed by atoms with Gasteiger partial charge < -0.3 is 10.3 Å². The Hall–Kier alpha value is -0.550. The molecular formula is C12H23N3OS. The molecule has 2 unspecified atom stereocenters. The van der Waals surface area contributed by atoms with Crippen molar-refractivity contribution in [3.05, 3.63) is 11.7 Å². The summed E-state index contributed by atoms with van der Waals surface area (Å²) in [4.78, 5) is 4.45. The van der Waals surface area contributed by atoms with E-state index in [-0.39, 0.29) is 12.0 Å². The fraction of sp³-hybridized carbons (Fsp3) is 0.833. The maximum absolute atomic E-state index is 5.97. The molecule has 0 saturated heterocycles. The molecule has 1 aromatic rings. The molecule has 0 saturated carbocycles. The number of aromatic nitrogens is 2. The lowest BCUT2D eigenvalue weighted by atomic mass is 9.90. The summed E-state index contributed by atoms with van der Waals surface area (Å²) in [5, 5.41) is 4.01. The molecule has 2 atom stereocenters. The minimum absolute atomic E-state index is 0.0339. The Labute approximate surface area is 108 Å². The van der Waals surface area contributed by atoms with Gasteiger partial charge in [0.2, 0.25) is 5.89 Å². The van der Waals surface area contributed by atoms with Crippen LogP contribution in [0.2, 0.25) is 0 Å². The van der Waals surface area contributed by atoms with Gasteiger partial charge in [-0.25, -0.2) is 0 Å². The fourth-order valence-corrected chi connectivity index (χ4v) is 2.62. The summed E-state index contributed by atoms with van der Waals surface area (Å²) in [5.41, 5.74) is 5.97. The molecule has 5 heteroatoms. The van der Waals surface area contributed by atoms with Gasteiger partial charge in [-0.2, -0.15) is 16.7 Å². The summed E-state index contributed by atoms with van der Waals surface area (Å²) in [6.45, 7) is 8.41. The molecule has 0 radical (unpaired) electrons. The number of hydrogen-bond donors (Lipinski definition) is 1. The minimum Gasteiger partial charge on any atom is -0.339 e. The van der Waals surface area contributed by atoms with Crippen molar-refractivity contribution in [3.63, 3.8) is 0 Å². The molecule has 2 N–H and O–H groups in total. The smallest absolute Gasteiger partial charge is 0.231 e. The van der Waals surface area contributed by atoms with E-state index in [0.717, 1.165) is 17.3 Å². The van der Waals surface area contributed by atoms with Gasteiger partial charge in [-0.3, -0.25) is 0 Å². The van der Waals surface area contributed by atoms with Crippen molar-refractivity contribution in [2.45, 2.75) is 51.8 Å². The van der Waals surface area contributed by atoms with Crippen LogP contribution in [0.3, 0.4) is 0 Å². The molecule has 0 aromatic carbocycles. The maximum atomic E-state index is 5.97. The lowest BCUT2D eigenvalue weighted by Crippen LogP contribution is -2.28. The first-order valence-electron chi connectivity index (χ1n) is 6.22. The molecule has 1 heterocycles. The molecule has 0 amide bonds. The topological polar surface area (TPSA) is 64.9 Å². The van der Waals surface area contributed by atoms with E-state index in [0.29, 0.717) is 11.8 Å². The first-order chi connectivity index (χ1) is 8.06. The van der Waals surface area contributed by atoms with Crippen LogP contribution in [0.1, 0.15) is 51.7 Å². The summed E-state index contributed by atoms with van der Waals surface area (Å²) in [5.74, 6) is 3.97. The van der Waals surface area contributed by atoms with E-state index in [2.05, 4.69) is 30.9 Å². The largest absolute Gasteiger partial charge is 0.339 e. The number of nitrogens with zero attached hydrogens (tertiary/aromatic N) is 2. The van der Waals surface area contributed by atoms with Crippen molar-refractivity contribution < 1.29 is 4.52 Å². The van der Waals surface area contributed by atoms with Crippen LogP contribution in [0.15, 0.2) is 4.52 Å². The standard InChI is InChI=1S/C12H23N3OS/c1-5-6-17-7-10-14-12(16-15-10)11(8(2)3)9(4)13/h8-9,11H,5-7,13H2,1-4H3. The van der Waals surface area contributed by atoms with Crippen LogP contribution in [-0.4, -0.2) is 21.9 Å². The monoisotopic (exact) mass is 257 g/mol. The second-order valence-corrected chi connectivity index (χ2v) is 5.84. The van der Waals surface area contributed by atoms with Gasteiger partial charge in [0.05, 0.1) is 11.7 Å². The molecule has 1 aromatic heterocycles. The van der Waals surface area contributed by atoms with Crippen LogP contribution in [-0.2, 0) is 5.75 Å². The third-order valence-electron chi connectivity index (χ3n) is 2.63. The van der Waals surface area contributed by atoms with Crippen molar-refractivity contribution >= 4 is 11.8 Å². The van der Waals surface area contributed by atoms with Crippen LogP contribution < -0.4 is 5.73 Å². The molecule has 4 nitrogen and oxygen atoms in total. The van der Waals surface area contributed by atoms with Crippen molar-refractivity contribution in [1.82, 2.24) is 10.1 Å². The highest BCUT2D eigenvalue weighted by atomic mass is 32.2. The second kappa shape index (κ2) is 7.01. The Morgan fingerprint density at radius 2 is 2.06 bits per heavy atom. The van der Waals surface area contributed by atoms with Crippen molar-refractivity contribution in [2.24, 2.45) is 11.7 Å². The Morgan fingerprint density at radius 1 is 1.35 bits per heavy atom. The number of thioether (sulfide) groups is 1. The van der Waals surface area contributed by atoms with Gasteiger partial charge in [0.25, 0.3) is 0 Å². The summed E-state index contributed by atoms with van der Waals surface area (Å²) < 4.78 is 5.33. The van der Waals surface area contributed by atoms with Gasteiger partial charge >= 0.3 is 0 Å². The van der Waals surface area contributed by atoms with Crippen LogP contribution in [0.5, 0.6) is 0 Å². The Kier molecular flexibility index (Phi) is 5.98. The van der Waals surface area contributed by atoms with Crippen LogP contribution in [0.4, 0.5) is 0 Å². The zero-order valence-electron chi connectivity index (χ0n) is 11.1. The first-order valence-corrected chi connectivity index (χ1v) is 7.37. The molecule has 0 spiro atoms. The van der Waals surface area contributed by atoms with Crippen LogP contribution >= 0.6 is 11.8 Å². The molecular weight excluding hydrogens is 234 g/mol. The lowest BCUT2D eigenvalue weighted by Gasteiger charge is -2.20. The summed E-state index contributed by atoms with van der Waals surface area (Å²) in [6.07, 6.45) is 1.17. The molecule has 0 bridgehead atoms. The molecule has 0 fully saturated rings. The highest BCUT2D eigenvalue weighted by Crippen LogP contribution is 2.26. The summed E-state index contributed by atoms with van der Waals surface area (Å²) in [6, 6.07) is 0.0339. The van der Waals surface area contributed by atoms with Gasteiger partial charge in [0.1, 0.15) is 0 Å². The molecule has 0 aliphatic carbocycles. The highest BCUT2D eigenvalue weighted by Gasteiger charge is 2.25. The van der Waals surface area contributed by atoms with E-state index < -0.39 is 0 Å². The van der Waals surface area contributed by atoms with E-state index in [1.54, 1.807) is 0 Å². The Balaban J connectivity index is 2.65. The molecule has 0 aliphatic rings. The normalized spacial score (nSPS) is 15.2. The van der Waals surface area contributed by atoms with Crippen LogP contribution in [0, 0.1) is 5.92 Å². The van der Waals surface area contributed by atoms with E-state index in [4.69, 9.17) is 10.3 Å². The first kappa shape index (κ1) is 14.5. The summed E-state index contributed by atoms with van der Waals surface area (Å²) >= 11 is 1.83. The SMILES string of the molecule is CCCSCc1noc(C(C(C)C)C(C)N)n1. The summed E-state index contributed by atoms with van der Waals surface area (Å²) in [7, 11) is 0. The zero-order valence-corrected chi connectivity index (χ0v) is 12.0. The molecule has 98 valence electrons. The average molecular weight is 257 g/mol. The van der Waals surface area contributed by atoms with E-state index in [1.807, 2.05) is 18.7 Å². The van der Waals surface area contributed by atoms with Crippen molar-refractivity contribution in [2.75, 3.05) is 5.75 Å². The Bertz CT molecular complexity index is 317. The number of hydrogen-bond acceptors (Lipinski definition) is 5. The van der Waals surface area contributed by atoms with Gasteiger partial charge in [0.15, 0.2) is 5.82 Å². The highest BCUT2D eigenvalue weighted by molar-refractivity contribution is 7.98. The fourth-order valence-electron chi connectivity index (χ4n) is 1.89. The van der Waals surface area contributed by atoms with E-state index in [9.17, 15) is 0 Å². The third-order valence-corrected chi connectivity index (χ3v) is 3.79. The van der Waals surface area contributed by atoms with Crippen molar-refractivity contribution in [3.8, 4) is 0 Å². The predicted molar refractivity (Wildman–Crippen MR) is 72.0 cm³/mol. The Morgan fingerprint density at radius 3 is 2.59 bits per heavy atom. The molecule has 0 aliphatic heterocycles. The predicted octanol–water partition coefficient (Wildman–Crippen LogP) is 2.80. The van der Waals surface area contributed by atoms with Gasteiger partial charge in [0, 0.05) is 6.04 Å². The average Bonchev–Trinajstić information content (AvgIpc) is 2.65. The van der Waals surface area contributed by atoms with E-state index >= 15 is 0 Å². The van der Waals surface area contributed by atoms with Gasteiger partial charge in [-0.1, -0.05) is 25.9 Å². The number of rotatable bonds is 7. The van der Waals surface area contributed by atoms with E-state index in [1.165, 1.54) is 6.42 Å². The minimum atomic E-state index is 0.0339. The van der Waals surface area contributed by atoms with Crippen LogP contribution in [0.25, 0.3) is 0 Å². The number of nitrogens with two attached hydrogens (primary N) is 1.